The van der Waals surface area contributed by atoms with Crippen LogP contribution in [-0.2, 0) is 11.8 Å². The van der Waals surface area contributed by atoms with Crippen molar-refractivity contribution in [3.8, 4) is 11.1 Å². The molecule has 3 aromatic rings. The summed E-state index contributed by atoms with van der Waals surface area (Å²) in [4.78, 5) is 28.4. The number of alkyl halides is 3. The molecule has 0 aliphatic heterocycles. The van der Waals surface area contributed by atoms with Gasteiger partial charge in [0.15, 0.2) is 0 Å². The van der Waals surface area contributed by atoms with Crippen molar-refractivity contribution in [3.63, 3.8) is 0 Å². The largest absolute Gasteiger partial charge is 0.490 e. The Bertz CT molecular complexity index is 1020. The SMILES string of the molecule is CC(C)c1nc2ccc(-c3cnn(C)c3)cc2c(=O)[nH]1.O=C(O)C(F)(F)F. The van der Waals surface area contributed by atoms with E-state index < -0.39 is 12.1 Å². The molecule has 144 valence electrons. The predicted molar refractivity (Wildman–Crippen MR) is 92.3 cm³/mol. The van der Waals surface area contributed by atoms with E-state index in [9.17, 15) is 18.0 Å². The molecule has 0 aliphatic rings. The highest BCUT2D eigenvalue weighted by molar-refractivity contribution is 5.83. The quantitative estimate of drug-likeness (QED) is 0.709. The van der Waals surface area contributed by atoms with Crippen LogP contribution < -0.4 is 5.56 Å². The number of aryl methyl sites for hydroxylation is 1. The van der Waals surface area contributed by atoms with Crippen molar-refractivity contribution in [1.29, 1.82) is 0 Å². The highest BCUT2D eigenvalue weighted by Gasteiger charge is 2.38. The molecular formula is C17H17F3N4O3. The van der Waals surface area contributed by atoms with Crippen LogP contribution in [0.1, 0.15) is 25.6 Å². The van der Waals surface area contributed by atoms with E-state index in [1.165, 1.54) is 0 Å². The monoisotopic (exact) mass is 382 g/mol. The average Bonchev–Trinajstić information content (AvgIpc) is 3.00. The van der Waals surface area contributed by atoms with Crippen LogP contribution >= 0.6 is 0 Å². The molecule has 1 aromatic carbocycles. The first-order valence-electron chi connectivity index (χ1n) is 7.82. The van der Waals surface area contributed by atoms with Crippen LogP contribution in [0.5, 0.6) is 0 Å². The topological polar surface area (TPSA) is 101 Å². The van der Waals surface area contributed by atoms with E-state index in [-0.39, 0.29) is 11.5 Å². The highest BCUT2D eigenvalue weighted by atomic mass is 19.4. The van der Waals surface area contributed by atoms with Crippen LogP contribution in [0.4, 0.5) is 13.2 Å². The van der Waals surface area contributed by atoms with Gasteiger partial charge in [0.25, 0.3) is 5.56 Å². The summed E-state index contributed by atoms with van der Waals surface area (Å²) in [5.74, 6) is -1.84. The van der Waals surface area contributed by atoms with Crippen LogP contribution in [0.3, 0.4) is 0 Å². The van der Waals surface area contributed by atoms with Crippen molar-refractivity contribution < 1.29 is 23.1 Å². The maximum Gasteiger partial charge on any atom is 0.490 e. The molecule has 0 saturated carbocycles. The molecule has 0 saturated heterocycles. The Hall–Kier alpha value is -3.17. The van der Waals surface area contributed by atoms with Crippen LogP contribution in [0.15, 0.2) is 35.4 Å². The van der Waals surface area contributed by atoms with E-state index in [0.717, 1.165) is 22.5 Å². The molecule has 0 amide bonds. The van der Waals surface area contributed by atoms with Crippen LogP contribution in [0.2, 0.25) is 0 Å². The number of carboxylic acids is 1. The van der Waals surface area contributed by atoms with Crippen molar-refractivity contribution in [2.75, 3.05) is 0 Å². The Morgan fingerprint density at radius 3 is 2.37 bits per heavy atom. The third-order valence-corrected chi connectivity index (χ3v) is 3.55. The smallest absolute Gasteiger partial charge is 0.475 e. The minimum atomic E-state index is -5.08. The number of aromatic nitrogens is 4. The van der Waals surface area contributed by atoms with Crippen molar-refractivity contribution in [3.05, 3.63) is 46.8 Å². The van der Waals surface area contributed by atoms with Gasteiger partial charge in [-0.2, -0.15) is 18.3 Å². The van der Waals surface area contributed by atoms with Gasteiger partial charge in [0, 0.05) is 24.7 Å². The van der Waals surface area contributed by atoms with Gasteiger partial charge in [0.05, 0.1) is 17.1 Å². The van der Waals surface area contributed by atoms with E-state index in [4.69, 9.17) is 9.90 Å². The summed E-state index contributed by atoms with van der Waals surface area (Å²) >= 11 is 0. The number of hydrogen-bond acceptors (Lipinski definition) is 4. The number of benzene rings is 1. The van der Waals surface area contributed by atoms with Crippen LogP contribution in [-0.4, -0.2) is 37.0 Å². The number of H-pyrrole nitrogens is 1. The molecule has 7 nitrogen and oxygen atoms in total. The molecule has 0 atom stereocenters. The van der Waals surface area contributed by atoms with E-state index >= 15 is 0 Å². The van der Waals surface area contributed by atoms with Crippen molar-refractivity contribution in [2.45, 2.75) is 25.9 Å². The molecule has 0 fully saturated rings. The summed E-state index contributed by atoms with van der Waals surface area (Å²) in [6.07, 6.45) is -1.38. The molecule has 27 heavy (non-hydrogen) atoms. The Balaban J connectivity index is 0.000000321. The first-order valence-corrected chi connectivity index (χ1v) is 7.82. The lowest BCUT2D eigenvalue weighted by molar-refractivity contribution is -0.192. The summed E-state index contributed by atoms with van der Waals surface area (Å²) in [6.45, 7) is 4.02. The Kier molecular flexibility index (Phi) is 5.67. The summed E-state index contributed by atoms with van der Waals surface area (Å²) in [6, 6.07) is 5.72. The molecular weight excluding hydrogens is 365 g/mol. The van der Waals surface area contributed by atoms with Gasteiger partial charge in [-0.3, -0.25) is 9.48 Å². The Labute approximate surface area is 151 Å². The number of carbonyl (C=O) groups is 1. The summed E-state index contributed by atoms with van der Waals surface area (Å²) in [5.41, 5.74) is 2.59. The van der Waals surface area contributed by atoms with Gasteiger partial charge < -0.3 is 10.1 Å². The number of rotatable bonds is 2. The minimum Gasteiger partial charge on any atom is -0.475 e. The van der Waals surface area contributed by atoms with Gasteiger partial charge in [-0.1, -0.05) is 19.9 Å². The average molecular weight is 382 g/mol. The van der Waals surface area contributed by atoms with E-state index in [2.05, 4.69) is 15.1 Å². The highest BCUT2D eigenvalue weighted by Crippen LogP contribution is 2.22. The fourth-order valence-electron chi connectivity index (χ4n) is 2.18. The fraction of sp³-hybridized carbons (Fsp3) is 0.294. The van der Waals surface area contributed by atoms with Gasteiger partial charge in [-0.25, -0.2) is 9.78 Å². The maximum absolute atomic E-state index is 12.2. The minimum absolute atomic E-state index is 0.0931. The number of aromatic amines is 1. The molecule has 0 radical (unpaired) electrons. The van der Waals surface area contributed by atoms with Gasteiger partial charge >= 0.3 is 12.1 Å². The zero-order valence-corrected chi connectivity index (χ0v) is 14.7. The van der Waals surface area contributed by atoms with Crippen LogP contribution in [0.25, 0.3) is 22.0 Å². The fourth-order valence-corrected chi connectivity index (χ4v) is 2.18. The van der Waals surface area contributed by atoms with Crippen LogP contribution in [0, 0.1) is 0 Å². The molecule has 3 rings (SSSR count). The molecule has 2 N–H and O–H groups in total. The third-order valence-electron chi connectivity index (χ3n) is 3.55. The normalized spacial score (nSPS) is 11.4. The van der Waals surface area contributed by atoms with Gasteiger partial charge in [-0.05, 0) is 17.7 Å². The number of hydrogen-bond donors (Lipinski definition) is 2. The predicted octanol–water partition coefficient (Wildman–Crippen LogP) is 3.08. The Morgan fingerprint density at radius 2 is 1.89 bits per heavy atom. The molecule has 0 unspecified atom stereocenters. The first-order chi connectivity index (χ1) is 12.5. The molecule has 0 bridgehead atoms. The Morgan fingerprint density at radius 1 is 1.26 bits per heavy atom. The number of nitrogens with one attached hydrogen (secondary N) is 1. The lowest BCUT2D eigenvalue weighted by atomic mass is 10.1. The zero-order chi connectivity index (χ0) is 20.4. The van der Waals surface area contributed by atoms with Crippen molar-refractivity contribution >= 4 is 16.9 Å². The molecule has 2 aromatic heterocycles. The van der Waals surface area contributed by atoms with Crippen molar-refractivity contribution in [2.24, 2.45) is 7.05 Å². The number of nitrogens with zero attached hydrogens (tertiary/aromatic N) is 3. The number of fused-ring (bicyclic) bond motifs is 1. The number of carboxylic acid groups (broad SMARTS) is 1. The number of halogens is 3. The van der Waals surface area contributed by atoms with Crippen molar-refractivity contribution in [1.82, 2.24) is 19.7 Å². The van der Waals surface area contributed by atoms with Gasteiger partial charge in [0.1, 0.15) is 5.82 Å². The standard InChI is InChI=1S/C15H16N4O.C2HF3O2/c1-9(2)14-17-13-5-4-10(6-12(13)15(20)18-14)11-7-16-19(3)8-11;3-2(4,5)1(6)7/h4-9H,1-3H3,(H,17,18,20);(H,6,7). The summed E-state index contributed by atoms with van der Waals surface area (Å²) in [7, 11) is 1.87. The second-order valence-corrected chi connectivity index (χ2v) is 6.04. The van der Waals surface area contributed by atoms with E-state index in [0.29, 0.717) is 5.39 Å². The van der Waals surface area contributed by atoms with E-state index in [1.54, 1.807) is 10.9 Å². The maximum atomic E-state index is 12.2. The van der Waals surface area contributed by atoms with Gasteiger partial charge in [0.2, 0.25) is 0 Å². The summed E-state index contributed by atoms with van der Waals surface area (Å²) < 4.78 is 33.5. The summed E-state index contributed by atoms with van der Waals surface area (Å²) in [5, 5.41) is 11.9. The molecule has 0 aliphatic carbocycles. The third kappa shape index (κ3) is 4.93. The molecule has 2 heterocycles. The molecule has 10 heteroatoms. The molecule has 0 spiro atoms. The van der Waals surface area contributed by atoms with E-state index in [1.807, 2.05) is 45.3 Å². The number of aliphatic carboxylic acids is 1. The second kappa shape index (κ2) is 7.60. The van der Waals surface area contributed by atoms with Gasteiger partial charge in [-0.15, -0.1) is 0 Å². The first kappa shape index (κ1) is 20.1. The lowest BCUT2D eigenvalue weighted by Gasteiger charge is -2.06. The second-order valence-electron chi connectivity index (χ2n) is 6.04. The zero-order valence-electron chi connectivity index (χ0n) is 14.7. The lowest BCUT2D eigenvalue weighted by Crippen LogP contribution is -2.21.